The highest BCUT2D eigenvalue weighted by Crippen LogP contribution is 2.17. The summed E-state index contributed by atoms with van der Waals surface area (Å²) in [5.41, 5.74) is 1.42. The first kappa shape index (κ1) is 26.7. The lowest BCUT2D eigenvalue weighted by Gasteiger charge is -2.19. The highest BCUT2D eigenvalue weighted by Gasteiger charge is 2.08. The fourth-order valence-corrected chi connectivity index (χ4v) is 4.69. The number of rotatable bonds is 8. The maximum Gasteiger partial charge on any atom is 0.00670 e. The number of hydrogen-bond donors (Lipinski definition) is 1. The Balaban J connectivity index is 1.59. The minimum atomic E-state index is 0.769. The van der Waals surface area contributed by atoms with E-state index >= 15 is 0 Å². The van der Waals surface area contributed by atoms with Gasteiger partial charge in [-0.2, -0.15) is 0 Å². The molecule has 0 saturated heterocycles. The largest absolute Gasteiger partial charge is 0.314 e. The third kappa shape index (κ3) is 15.2. The van der Waals surface area contributed by atoms with E-state index in [-0.39, 0.29) is 0 Å². The molecule has 0 bridgehead atoms. The summed E-state index contributed by atoms with van der Waals surface area (Å²) < 4.78 is 0. The molecule has 1 fully saturated rings. The molecule has 0 spiro atoms. The molecule has 178 valence electrons. The molecule has 1 nitrogen and oxygen atoms in total. The van der Waals surface area contributed by atoms with Gasteiger partial charge in [-0.3, -0.25) is 0 Å². The van der Waals surface area contributed by atoms with Crippen molar-refractivity contribution in [1.82, 2.24) is 5.32 Å². The smallest absolute Gasteiger partial charge is 0.00670 e. The summed E-state index contributed by atoms with van der Waals surface area (Å²) >= 11 is 0. The van der Waals surface area contributed by atoms with Crippen LogP contribution in [0.3, 0.4) is 0 Å². The van der Waals surface area contributed by atoms with Gasteiger partial charge in [0.15, 0.2) is 0 Å². The molecule has 0 aromatic heterocycles. The molecule has 2 rings (SSSR count). The molecule has 0 atom stereocenters. The van der Waals surface area contributed by atoms with Crippen molar-refractivity contribution in [2.24, 2.45) is 0 Å². The van der Waals surface area contributed by atoms with Gasteiger partial charge in [0.05, 0.1) is 0 Å². The number of allylic oxidation sites excluding steroid dienone is 12. The standard InChI is InChI=1S/C31H49N/c1-2-7-11-15-22-28-31(27-21-14-10-6-1)32-29-23-17-16-20-26-30-24-18-12-8-4-3-5-9-13-19-25-30/h3-5,8-9,12-13,18-19,24-25,31-32H,1-2,6-7,10-11,14-17,20-23,26-29H2/b4-3-,5-3?,8-4?,9-5-,12-8-,13-9?,18-12?,19-13-,24-18-,25-19?,30-24?,30-25+. The van der Waals surface area contributed by atoms with Gasteiger partial charge in [0, 0.05) is 6.04 Å². The van der Waals surface area contributed by atoms with Gasteiger partial charge in [-0.25, -0.2) is 0 Å². The fraction of sp³-hybridized carbons (Fsp3) is 0.613. The molecule has 2 aliphatic rings. The highest BCUT2D eigenvalue weighted by atomic mass is 14.9. The summed E-state index contributed by atoms with van der Waals surface area (Å²) in [5.74, 6) is 0. The molecule has 0 aliphatic heterocycles. The van der Waals surface area contributed by atoms with Crippen LogP contribution in [0.15, 0.2) is 72.4 Å². The molecule has 2 aliphatic carbocycles. The van der Waals surface area contributed by atoms with Crippen molar-refractivity contribution in [3.05, 3.63) is 72.4 Å². The van der Waals surface area contributed by atoms with E-state index in [1.807, 2.05) is 0 Å². The van der Waals surface area contributed by atoms with Crippen molar-refractivity contribution in [2.45, 2.75) is 115 Å². The fourth-order valence-electron chi connectivity index (χ4n) is 4.69. The Kier molecular flexibility index (Phi) is 16.7. The average molecular weight is 436 g/mol. The summed E-state index contributed by atoms with van der Waals surface area (Å²) in [6.07, 6.45) is 47.2. The van der Waals surface area contributed by atoms with Crippen molar-refractivity contribution in [3.63, 3.8) is 0 Å². The Morgan fingerprint density at radius 3 is 1.66 bits per heavy atom. The van der Waals surface area contributed by atoms with Crippen LogP contribution in [-0.2, 0) is 0 Å². The van der Waals surface area contributed by atoms with Crippen molar-refractivity contribution in [2.75, 3.05) is 6.54 Å². The van der Waals surface area contributed by atoms with Gasteiger partial charge in [-0.05, 0) is 44.2 Å². The Labute approximate surface area is 199 Å². The van der Waals surface area contributed by atoms with Crippen molar-refractivity contribution in [1.29, 1.82) is 0 Å². The van der Waals surface area contributed by atoms with Crippen LogP contribution >= 0.6 is 0 Å². The maximum absolute atomic E-state index is 3.92. The zero-order chi connectivity index (χ0) is 22.4. The second-order valence-electron chi connectivity index (χ2n) is 9.57. The minimum Gasteiger partial charge on any atom is -0.314 e. The lowest BCUT2D eigenvalue weighted by molar-refractivity contribution is 0.410. The SMILES string of the molecule is C1=C\C=C/C=C\C(CCCCCCNC2CCCCCCCCCCCC2)=C/C=C\C=C/1. The van der Waals surface area contributed by atoms with Gasteiger partial charge in [0.25, 0.3) is 0 Å². The molecular formula is C31H49N. The first-order valence-electron chi connectivity index (χ1n) is 13.7. The Morgan fingerprint density at radius 2 is 1.03 bits per heavy atom. The molecule has 0 heterocycles. The van der Waals surface area contributed by atoms with E-state index in [0.717, 1.165) is 6.04 Å². The Hall–Kier alpha value is -1.60. The summed E-state index contributed by atoms with van der Waals surface area (Å²) in [6.45, 7) is 1.21. The maximum atomic E-state index is 3.92. The Morgan fingerprint density at radius 1 is 0.531 bits per heavy atom. The molecule has 0 aromatic carbocycles. The van der Waals surface area contributed by atoms with Crippen LogP contribution < -0.4 is 5.32 Å². The predicted octanol–water partition coefficient (Wildman–Crippen LogP) is 9.31. The quantitative estimate of drug-likeness (QED) is 0.374. The topological polar surface area (TPSA) is 12.0 Å². The van der Waals surface area contributed by atoms with E-state index in [0.29, 0.717) is 0 Å². The van der Waals surface area contributed by atoms with Gasteiger partial charge < -0.3 is 5.32 Å². The van der Waals surface area contributed by atoms with Crippen LogP contribution in [-0.4, -0.2) is 12.6 Å². The van der Waals surface area contributed by atoms with Gasteiger partial charge in [0.2, 0.25) is 0 Å². The van der Waals surface area contributed by atoms with Gasteiger partial charge in [-0.15, -0.1) is 0 Å². The number of nitrogens with one attached hydrogen (secondary N) is 1. The number of hydrogen-bond acceptors (Lipinski definition) is 1. The van der Waals surface area contributed by atoms with E-state index in [2.05, 4.69) is 72.2 Å². The Bertz CT molecular complexity index is 602. The van der Waals surface area contributed by atoms with Crippen LogP contribution in [0.4, 0.5) is 0 Å². The summed E-state index contributed by atoms with van der Waals surface area (Å²) in [7, 11) is 0. The van der Waals surface area contributed by atoms with Crippen molar-refractivity contribution < 1.29 is 0 Å². The first-order chi connectivity index (χ1) is 15.9. The first-order valence-corrected chi connectivity index (χ1v) is 13.7. The van der Waals surface area contributed by atoms with Crippen molar-refractivity contribution in [3.8, 4) is 0 Å². The predicted molar refractivity (Wildman–Crippen MR) is 144 cm³/mol. The second-order valence-corrected chi connectivity index (χ2v) is 9.57. The van der Waals surface area contributed by atoms with Gasteiger partial charge in [-0.1, -0.05) is 144 Å². The van der Waals surface area contributed by atoms with Crippen LogP contribution in [0.5, 0.6) is 0 Å². The molecule has 32 heavy (non-hydrogen) atoms. The summed E-state index contributed by atoms with van der Waals surface area (Å²) in [5, 5.41) is 3.92. The second kappa shape index (κ2) is 20.0. The van der Waals surface area contributed by atoms with Crippen molar-refractivity contribution >= 4 is 0 Å². The molecule has 0 unspecified atom stereocenters. The third-order valence-electron chi connectivity index (χ3n) is 6.69. The molecule has 0 amide bonds. The van der Waals surface area contributed by atoms with E-state index in [4.69, 9.17) is 0 Å². The van der Waals surface area contributed by atoms with Gasteiger partial charge >= 0.3 is 0 Å². The lowest BCUT2D eigenvalue weighted by atomic mass is 10.0. The van der Waals surface area contributed by atoms with E-state index < -0.39 is 0 Å². The molecule has 0 aromatic rings. The normalized spacial score (nSPS) is 26.6. The summed E-state index contributed by atoms with van der Waals surface area (Å²) in [6, 6.07) is 0.769. The van der Waals surface area contributed by atoms with Crippen LogP contribution in [0.25, 0.3) is 0 Å². The average Bonchev–Trinajstić information content (AvgIpc) is 2.82. The van der Waals surface area contributed by atoms with Crippen LogP contribution in [0, 0.1) is 0 Å². The van der Waals surface area contributed by atoms with E-state index in [1.54, 1.807) is 0 Å². The number of unbranched alkanes of at least 4 members (excludes halogenated alkanes) is 3. The molecule has 1 N–H and O–H groups in total. The molecule has 1 heteroatoms. The third-order valence-corrected chi connectivity index (χ3v) is 6.69. The van der Waals surface area contributed by atoms with Crippen LogP contribution in [0.2, 0.25) is 0 Å². The monoisotopic (exact) mass is 435 g/mol. The zero-order valence-electron chi connectivity index (χ0n) is 20.7. The highest BCUT2D eigenvalue weighted by molar-refractivity contribution is 5.29. The summed E-state index contributed by atoms with van der Waals surface area (Å²) in [4.78, 5) is 0. The molecule has 1 saturated carbocycles. The lowest BCUT2D eigenvalue weighted by Crippen LogP contribution is -2.30. The van der Waals surface area contributed by atoms with Gasteiger partial charge in [0.1, 0.15) is 0 Å². The zero-order valence-corrected chi connectivity index (χ0v) is 20.7. The molecule has 0 radical (unpaired) electrons. The van der Waals surface area contributed by atoms with E-state index in [9.17, 15) is 0 Å². The molecular weight excluding hydrogens is 386 g/mol. The van der Waals surface area contributed by atoms with Crippen LogP contribution in [0.1, 0.15) is 109 Å². The van der Waals surface area contributed by atoms with E-state index in [1.165, 1.54) is 121 Å². The minimum absolute atomic E-state index is 0.769.